The maximum Gasteiger partial charge on any atom is 0.303 e. The molecule has 8 heteroatoms. The molecular weight excluding hydrogens is 308 g/mol. The summed E-state index contributed by atoms with van der Waals surface area (Å²) in [5, 5.41) is 16.2. The Morgan fingerprint density at radius 2 is 1.91 bits per heavy atom. The monoisotopic (exact) mass is 328 g/mol. The largest absolute Gasteiger partial charge is 0.481 e. The molecule has 0 saturated carbocycles. The van der Waals surface area contributed by atoms with E-state index in [1.54, 1.807) is 18.2 Å². The van der Waals surface area contributed by atoms with Gasteiger partial charge in [0.05, 0.1) is 5.75 Å². The van der Waals surface area contributed by atoms with Gasteiger partial charge in [-0.3, -0.25) is 9.59 Å². The fraction of sp³-hybridized carbons (Fsp3) is 0.429. The number of unbranched alkanes of at least 4 members (excludes halogenated alkanes) is 2. The van der Waals surface area contributed by atoms with Crippen LogP contribution < -0.4 is 10.5 Å². The van der Waals surface area contributed by atoms with Gasteiger partial charge in [0.2, 0.25) is 10.0 Å². The number of nitrogens with two attached hydrogens (primary N) is 1. The van der Waals surface area contributed by atoms with Crippen molar-refractivity contribution in [2.45, 2.75) is 31.4 Å². The molecule has 0 aliphatic heterocycles. The lowest BCUT2D eigenvalue weighted by Gasteiger charge is -2.06. The summed E-state index contributed by atoms with van der Waals surface area (Å²) >= 11 is 0. The molecule has 7 nitrogen and oxygen atoms in total. The van der Waals surface area contributed by atoms with Crippen molar-refractivity contribution in [2.24, 2.45) is 5.14 Å². The number of primary sulfonamides is 1. The minimum absolute atomic E-state index is 0.129. The summed E-state index contributed by atoms with van der Waals surface area (Å²) in [4.78, 5) is 22.3. The maximum atomic E-state index is 11.9. The minimum atomic E-state index is -3.63. The number of carboxylic acids is 1. The predicted molar refractivity (Wildman–Crippen MR) is 81.7 cm³/mol. The number of benzene rings is 1. The molecule has 1 aromatic carbocycles. The number of aliphatic carboxylic acids is 1. The van der Waals surface area contributed by atoms with Gasteiger partial charge >= 0.3 is 5.97 Å². The lowest BCUT2D eigenvalue weighted by Crippen LogP contribution is -2.24. The normalized spacial score (nSPS) is 11.1. The van der Waals surface area contributed by atoms with Crippen molar-refractivity contribution in [1.82, 2.24) is 5.32 Å². The van der Waals surface area contributed by atoms with Gasteiger partial charge in [-0.05, 0) is 30.5 Å². The number of nitrogens with one attached hydrogen (secondary N) is 1. The van der Waals surface area contributed by atoms with Gasteiger partial charge in [-0.15, -0.1) is 0 Å². The molecule has 0 heterocycles. The third kappa shape index (κ3) is 7.75. The second-order valence-electron chi connectivity index (χ2n) is 4.97. The van der Waals surface area contributed by atoms with Crippen molar-refractivity contribution in [2.75, 3.05) is 6.54 Å². The van der Waals surface area contributed by atoms with Crippen molar-refractivity contribution in [3.63, 3.8) is 0 Å². The second kappa shape index (κ2) is 8.50. The SMILES string of the molecule is NS(=O)(=O)Cc1cccc(C(=O)NCCCCCC(=O)O)c1. The van der Waals surface area contributed by atoms with Crippen molar-refractivity contribution in [3.8, 4) is 0 Å². The fourth-order valence-electron chi connectivity index (χ4n) is 1.92. The molecule has 1 aromatic rings. The number of hydrogen-bond donors (Lipinski definition) is 3. The summed E-state index contributed by atoms with van der Waals surface area (Å²) in [7, 11) is -3.63. The first-order valence-electron chi connectivity index (χ1n) is 6.87. The van der Waals surface area contributed by atoms with E-state index < -0.39 is 16.0 Å². The van der Waals surface area contributed by atoms with Gasteiger partial charge in [0.1, 0.15) is 0 Å². The van der Waals surface area contributed by atoms with E-state index in [0.717, 1.165) is 6.42 Å². The molecule has 0 unspecified atom stereocenters. The van der Waals surface area contributed by atoms with Crippen LogP contribution in [-0.4, -0.2) is 31.9 Å². The highest BCUT2D eigenvalue weighted by molar-refractivity contribution is 7.88. The zero-order valence-corrected chi connectivity index (χ0v) is 12.9. The average Bonchev–Trinajstić information content (AvgIpc) is 2.40. The molecule has 0 radical (unpaired) electrons. The number of rotatable bonds is 9. The number of carbonyl (C=O) groups is 2. The van der Waals surface area contributed by atoms with Crippen LogP contribution in [0.5, 0.6) is 0 Å². The zero-order chi connectivity index (χ0) is 16.6. The van der Waals surface area contributed by atoms with Crippen LogP contribution in [0.15, 0.2) is 24.3 Å². The van der Waals surface area contributed by atoms with E-state index in [0.29, 0.717) is 30.5 Å². The van der Waals surface area contributed by atoms with Gasteiger partial charge in [-0.2, -0.15) is 0 Å². The Balaban J connectivity index is 2.42. The van der Waals surface area contributed by atoms with E-state index >= 15 is 0 Å². The molecule has 4 N–H and O–H groups in total. The summed E-state index contributed by atoms with van der Waals surface area (Å²) in [6.07, 6.45) is 2.12. The number of amides is 1. The molecule has 1 amide bonds. The Bertz CT molecular complexity index is 628. The Morgan fingerprint density at radius 3 is 2.55 bits per heavy atom. The van der Waals surface area contributed by atoms with Crippen molar-refractivity contribution >= 4 is 21.9 Å². The first-order valence-corrected chi connectivity index (χ1v) is 8.59. The summed E-state index contributed by atoms with van der Waals surface area (Å²) in [5.41, 5.74) is 0.822. The van der Waals surface area contributed by atoms with E-state index in [1.165, 1.54) is 6.07 Å². The van der Waals surface area contributed by atoms with Gasteiger partial charge in [-0.1, -0.05) is 18.6 Å². The highest BCUT2D eigenvalue weighted by atomic mass is 32.2. The molecule has 0 spiro atoms. The third-order valence-corrected chi connectivity index (χ3v) is 3.65. The molecule has 0 aliphatic rings. The second-order valence-corrected chi connectivity index (χ2v) is 6.58. The Kier molecular flexibility index (Phi) is 7.00. The highest BCUT2D eigenvalue weighted by Crippen LogP contribution is 2.08. The van der Waals surface area contributed by atoms with Crippen LogP contribution in [0.4, 0.5) is 0 Å². The molecule has 0 aliphatic carbocycles. The predicted octanol–water partition coefficient (Wildman–Crippen LogP) is 0.850. The van der Waals surface area contributed by atoms with Crippen LogP contribution in [0.2, 0.25) is 0 Å². The first kappa shape index (κ1) is 18.1. The summed E-state index contributed by atoms with van der Waals surface area (Å²) in [6.45, 7) is 0.442. The lowest BCUT2D eigenvalue weighted by molar-refractivity contribution is -0.137. The van der Waals surface area contributed by atoms with Crippen LogP contribution >= 0.6 is 0 Å². The standard InChI is InChI=1S/C14H20N2O5S/c15-22(20,21)10-11-5-4-6-12(9-11)14(19)16-8-3-1-2-7-13(17)18/h4-6,9H,1-3,7-8,10H2,(H,16,19)(H,17,18)(H2,15,20,21). The van der Waals surface area contributed by atoms with Gasteiger partial charge in [0.25, 0.3) is 5.91 Å². The fourth-order valence-corrected chi connectivity index (χ4v) is 2.56. The third-order valence-electron chi connectivity index (χ3n) is 2.91. The summed E-state index contributed by atoms with van der Waals surface area (Å²) < 4.78 is 22.1. The molecule has 0 aromatic heterocycles. The smallest absolute Gasteiger partial charge is 0.303 e. The van der Waals surface area contributed by atoms with Crippen LogP contribution in [-0.2, 0) is 20.6 Å². The molecular formula is C14H20N2O5S. The Hall–Kier alpha value is -1.93. The van der Waals surface area contributed by atoms with E-state index in [9.17, 15) is 18.0 Å². The van der Waals surface area contributed by atoms with Crippen LogP contribution in [0.1, 0.15) is 41.6 Å². The summed E-state index contributed by atoms with van der Waals surface area (Å²) in [6, 6.07) is 6.27. The molecule has 22 heavy (non-hydrogen) atoms. The van der Waals surface area contributed by atoms with Gasteiger partial charge in [0, 0.05) is 18.5 Å². The van der Waals surface area contributed by atoms with E-state index in [1.807, 2.05) is 0 Å². The quantitative estimate of drug-likeness (QED) is 0.579. The molecule has 0 saturated heterocycles. The molecule has 1 rings (SSSR count). The molecule has 0 atom stereocenters. The maximum absolute atomic E-state index is 11.9. The Morgan fingerprint density at radius 1 is 1.18 bits per heavy atom. The van der Waals surface area contributed by atoms with E-state index in [2.05, 4.69) is 5.32 Å². The van der Waals surface area contributed by atoms with Crippen molar-refractivity contribution < 1.29 is 23.1 Å². The topological polar surface area (TPSA) is 127 Å². The van der Waals surface area contributed by atoms with Gasteiger partial charge < -0.3 is 10.4 Å². The van der Waals surface area contributed by atoms with Gasteiger partial charge in [-0.25, -0.2) is 13.6 Å². The minimum Gasteiger partial charge on any atom is -0.481 e. The number of carboxylic acid groups (broad SMARTS) is 1. The lowest BCUT2D eigenvalue weighted by atomic mass is 10.1. The molecule has 122 valence electrons. The highest BCUT2D eigenvalue weighted by Gasteiger charge is 2.09. The molecule has 0 bridgehead atoms. The number of sulfonamides is 1. The first-order chi connectivity index (χ1) is 10.3. The van der Waals surface area contributed by atoms with Crippen LogP contribution in [0.25, 0.3) is 0 Å². The van der Waals surface area contributed by atoms with E-state index in [4.69, 9.17) is 10.2 Å². The number of hydrogen-bond acceptors (Lipinski definition) is 4. The van der Waals surface area contributed by atoms with Gasteiger partial charge in [0.15, 0.2) is 0 Å². The van der Waals surface area contributed by atoms with Crippen molar-refractivity contribution in [3.05, 3.63) is 35.4 Å². The van der Waals surface area contributed by atoms with Crippen LogP contribution in [0.3, 0.4) is 0 Å². The zero-order valence-electron chi connectivity index (χ0n) is 12.1. The molecule has 0 fully saturated rings. The number of carbonyl (C=O) groups excluding carboxylic acids is 1. The average molecular weight is 328 g/mol. The van der Waals surface area contributed by atoms with E-state index in [-0.39, 0.29) is 18.1 Å². The van der Waals surface area contributed by atoms with Crippen LogP contribution in [0, 0.1) is 0 Å². The van der Waals surface area contributed by atoms with Crippen molar-refractivity contribution in [1.29, 1.82) is 0 Å². The summed E-state index contributed by atoms with van der Waals surface area (Å²) in [5.74, 6) is -1.44. The Labute approximate surface area is 129 Å².